The number of carboxylic acid groups (broad SMARTS) is 1. The molecule has 6 heteroatoms. The van der Waals surface area contributed by atoms with E-state index in [1.54, 1.807) is 13.0 Å². The second-order valence-electron chi connectivity index (χ2n) is 5.39. The highest BCUT2D eigenvalue weighted by molar-refractivity contribution is 5.99. The number of carbonyl (C=O) groups excluding carboxylic acids is 1. The molecule has 6 nitrogen and oxygen atoms in total. The van der Waals surface area contributed by atoms with Crippen LogP contribution >= 0.6 is 0 Å². The number of hydrogen-bond donors (Lipinski definition) is 4. The lowest BCUT2D eigenvalue weighted by Crippen LogP contribution is -2.34. The van der Waals surface area contributed by atoms with E-state index in [1.807, 2.05) is 0 Å². The number of nitrogens with one attached hydrogen (secondary N) is 3. The molecule has 0 saturated heterocycles. The molecule has 1 aliphatic rings. The molecule has 0 radical (unpaired) electrons. The van der Waals surface area contributed by atoms with Gasteiger partial charge in [-0.1, -0.05) is 19.3 Å². The van der Waals surface area contributed by atoms with Crippen LogP contribution in [0.25, 0.3) is 0 Å². The smallest absolute Gasteiger partial charge is 0.354 e. The number of urea groups is 1. The third-order valence-electron chi connectivity index (χ3n) is 3.69. The second kappa shape index (κ2) is 6.45. The van der Waals surface area contributed by atoms with Crippen LogP contribution in [-0.2, 0) is 0 Å². The van der Waals surface area contributed by atoms with Gasteiger partial charge in [-0.2, -0.15) is 0 Å². The van der Waals surface area contributed by atoms with Crippen molar-refractivity contribution in [2.75, 3.05) is 11.9 Å². The summed E-state index contributed by atoms with van der Waals surface area (Å²) in [6, 6.07) is 1.26. The number of rotatable bonds is 4. The molecule has 0 unspecified atom stereocenters. The molecule has 20 heavy (non-hydrogen) atoms. The number of aromatic carboxylic acids is 1. The quantitative estimate of drug-likeness (QED) is 0.682. The van der Waals surface area contributed by atoms with Crippen molar-refractivity contribution in [3.05, 3.63) is 17.5 Å². The fraction of sp³-hybridized carbons (Fsp3) is 0.571. The Hall–Kier alpha value is -1.98. The van der Waals surface area contributed by atoms with Crippen LogP contribution in [0.5, 0.6) is 0 Å². The maximum Gasteiger partial charge on any atom is 0.354 e. The molecule has 2 amide bonds. The predicted octanol–water partition coefficient (Wildman–Crippen LogP) is 2.72. The molecule has 4 N–H and O–H groups in total. The molecule has 1 aromatic heterocycles. The molecule has 2 rings (SSSR count). The molecule has 0 bridgehead atoms. The number of anilines is 1. The molecule has 1 aliphatic carbocycles. The molecule has 1 heterocycles. The predicted molar refractivity (Wildman–Crippen MR) is 76.1 cm³/mol. The van der Waals surface area contributed by atoms with Crippen LogP contribution in [0.2, 0.25) is 0 Å². The number of carboxylic acids is 1. The Kier molecular flexibility index (Phi) is 4.65. The molecule has 1 fully saturated rings. The molecule has 0 aromatic carbocycles. The highest BCUT2D eigenvalue weighted by Crippen LogP contribution is 2.23. The van der Waals surface area contributed by atoms with Crippen LogP contribution in [0.4, 0.5) is 10.5 Å². The standard InChI is InChI=1S/C14H21N3O3/c1-9-7-11(12(16-9)13(18)19)17-14(20)15-8-10-5-3-2-4-6-10/h7,10,16H,2-6,8H2,1H3,(H,18,19)(H2,15,17,20). The zero-order valence-corrected chi connectivity index (χ0v) is 11.7. The van der Waals surface area contributed by atoms with Crippen LogP contribution in [0.15, 0.2) is 6.07 Å². The number of amides is 2. The van der Waals surface area contributed by atoms with Crippen LogP contribution < -0.4 is 10.6 Å². The van der Waals surface area contributed by atoms with E-state index in [9.17, 15) is 9.59 Å². The van der Waals surface area contributed by atoms with Crippen molar-refractivity contribution in [3.63, 3.8) is 0 Å². The van der Waals surface area contributed by atoms with Gasteiger partial charge < -0.3 is 20.7 Å². The normalized spacial score (nSPS) is 15.8. The number of aryl methyl sites for hydroxylation is 1. The van der Waals surface area contributed by atoms with E-state index in [-0.39, 0.29) is 11.7 Å². The molecule has 0 aliphatic heterocycles. The SMILES string of the molecule is Cc1cc(NC(=O)NCC2CCCCC2)c(C(=O)O)[nH]1. The summed E-state index contributed by atoms with van der Waals surface area (Å²) < 4.78 is 0. The van der Waals surface area contributed by atoms with Gasteiger partial charge in [0.05, 0.1) is 5.69 Å². The van der Waals surface area contributed by atoms with Crippen molar-refractivity contribution in [1.29, 1.82) is 0 Å². The first-order valence-electron chi connectivity index (χ1n) is 7.04. The van der Waals surface area contributed by atoms with Crippen molar-refractivity contribution < 1.29 is 14.7 Å². The molecule has 1 aromatic rings. The summed E-state index contributed by atoms with van der Waals surface area (Å²) in [4.78, 5) is 25.5. The lowest BCUT2D eigenvalue weighted by atomic mass is 9.89. The number of H-pyrrole nitrogens is 1. The van der Waals surface area contributed by atoms with Crippen molar-refractivity contribution in [2.24, 2.45) is 5.92 Å². The summed E-state index contributed by atoms with van der Waals surface area (Å²) in [6.45, 7) is 2.40. The Morgan fingerprint density at radius 2 is 2.05 bits per heavy atom. The van der Waals surface area contributed by atoms with E-state index in [4.69, 9.17) is 5.11 Å². The van der Waals surface area contributed by atoms with Gasteiger partial charge in [-0.05, 0) is 31.7 Å². The van der Waals surface area contributed by atoms with Crippen LogP contribution in [0.1, 0.15) is 48.3 Å². The Labute approximate surface area is 118 Å². The highest BCUT2D eigenvalue weighted by Gasteiger charge is 2.17. The Morgan fingerprint density at radius 3 is 2.70 bits per heavy atom. The number of aromatic nitrogens is 1. The first kappa shape index (κ1) is 14.4. The first-order chi connectivity index (χ1) is 9.56. The van der Waals surface area contributed by atoms with E-state index in [0.717, 1.165) is 12.8 Å². The van der Waals surface area contributed by atoms with Crippen LogP contribution in [0, 0.1) is 12.8 Å². The fourth-order valence-electron chi connectivity index (χ4n) is 2.65. The minimum absolute atomic E-state index is 0.00955. The van der Waals surface area contributed by atoms with Gasteiger partial charge in [-0.3, -0.25) is 0 Å². The zero-order chi connectivity index (χ0) is 14.5. The molecular formula is C14H21N3O3. The van der Waals surface area contributed by atoms with E-state index < -0.39 is 5.97 Å². The van der Waals surface area contributed by atoms with Gasteiger partial charge in [0.1, 0.15) is 5.69 Å². The third kappa shape index (κ3) is 3.76. The van der Waals surface area contributed by atoms with Crippen LogP contribution in [-0.4, -0.2) is 28.6 Å². The first-order valence-corrected chi connectivity index (χ1v) is 7.04. The molecule has 1 saturated carbocycles. The molecular weight excluding hydrogens is 258 g/mol. The maximum absolute atomic E-state index is 11.8. The van der Waals surface area contributed by atoms with Gasteiger partial charge in [0, 0.05) is 12.2 Å². The van der Waals surface area contributed by atoms with Gasteiger partial charge in [0.2, 0.25) is 0 Å². The van der Waals surface area contributed by atoms with Crippen molar-refractivity contribution in [3.8, 4) is 0 Å². The molecule has 0 atom stereocenters. The van der Waals surface area contributed by atoms with Gasteiger partial charge in [-0.15, -0.1) is 0 Å². The van der Waals surface area contributed by atoms with Gasteiger partial charge >= 0.3 is 12.0 Å². The summed E-state index contributed by atoms with van der Waals surface area (Å²) in [6.07, 6.45) is 6.06. The summed E-state index contributed by atoms with van der Waals surface area (Å²) in [5.74, 6) is -0.540. The van der Waals surface area contributed by atoms with E-state index >= 15 is 0 Å². The Morgan fingerprint density at radius 1 is 1.35 bits per heavy atom. The monoisotopic (exact) mass is 279 g/mol. The summed E-state index contributed by atoms with van der Waals surface area (Å²) in [5.41, 5.74) is 1.01. The van der Waals surface area contributed by atoms with Crippen molar-refractivity contribution in [2.45, 2.75) is 39.0 Å². The maximum atomic E-state index is 11.8. The summed E-state index contributed by atoms with van der Waals surface area (Å²) in [7, 11) is 0. The zero-order valence-electron chi connectivity index (χ0n) is 11.7. The van der Waals surface area contributed by atoms with E-state index in [0.29, 0.717) is 23.8 Å². The third-order valence-corrected chi connectivity index (χ3v) is 3.69. The molecule has 110 valence electrons. The summed E-state index contributed by atoms with van der Waals surface area (Å²) in [5, 5.41) is 14.4. The number of aromatic amines is 1. The topological polar surface area (TPSA) is 94.2 Å². The molecule has 0 spiro atoms. The average Bonchev–Trinajstić information content (AvgIpc) is 2.79. The van der Waals surface area contributed by atoms with Gasteiger partial charge in [-0.25, -0.2) is 9.59 Å². The van der Waals surface area contributed by atoms with Crippen molar-refractivity contribution >= 4 is 17.7 Å². The van der Waals surface area contributed by atoms with E-state index in [1.165, 1.54) is 19.3 Å². The van der Waals surface area contributed by atoms with Gasteiger partial charge in [0.15, 0.2) is 0 Å². The number of hydrogen-bond acceptors (Lipinski definition) is 2. The van der Waals surface area contributed by atoms with Crippen molar-refractivity contribution in [1.82, 2.24) is 10.3 Å². The van der Waals surface area contributed by atoms with E-state index in [2.05, 4.69) is 15.6 Å². The second-order valence-corrected chi connectivity index (χ2v) is 5.39. The summed E-state index contributed by atoms with van der Waals surface area (Å²) >= 11 is 0. The Balaban J connectivity index is 1.86. The highest BCUT2D eigenvalue weighted by atomic mass is 16.4. The lowest BCUT2D eigenvalue weighted by molar-refractivity contribution is 0.0692. The largest absolute Gasteiger partial charge is 0.477 e. The fourth-order valence-corrected chi connectivity index (χ4v) is 2.65. The Bertz CT molecular complexity index is 490. The van der Waals surface area contributed by atoms with Crippen LogP contribution in [0.3, 0.4) is 0 Å². The minimum Gasteiger partial charge on any atom is -0.477 e. The lowest BCUT2D eigenvalue weighted by Gasteiger charge is -2.21. The number of carbonyl (C=O) groups is 2. The minimum atomic E-state index is -1.08. The average molecular weight is 279 g/mol. The van der Waals surface area contributed by atoms with Gasteiger partial charge in [0.25, 0.3) is 0 Å².